The molecule has 0 spiro atoms. The van der Waals surface area contributed by atoms with Crippen LogP contribution in [0.25, 0.3) is 0 Å². The molecular formula is C13H28N2O. The average molecular weight is 228 g/mol. The van der Waals surface area contributed by atoms with Crippen LogP contribution in [0.2, 0.25) is 0 Å². The predicted octanol–water partition coefficient (Wildman–Crippen LogP) is 1.45. The topological polar surface area (TPSA) is 49.5 Å². The van der Waals surface area contributed by atoms with Gasteiger partial charge in [-0.3, -0.25) is 4.90 Å². The highest BCUT2D eigenvalue weighted by molar-refractivity contribution is 4.90. The van der Waals surface area contributed by atoms with E-state index in [-0.39, 0.29) is 12.0 Å². The summed E-state index contributed by atoms with van der Waals surface area (Å²) in [7, 11) is 0. The number of aliphatic hydroxyl groups is 1. The van der Waals surface area contributed by atoms with Gasteiger partial charge in [-0.15, -0.1) is 0 Å². The van der Waals surface area contributed by atoms with Crippen molar-refractivity contribution in [1.29, 1.82) is 0 Å². The summed E-state index contributed by atoms with van der Waals surface area (Å²) in [6.07, 6.45) is 3.46. The molecule has 0 aromatic heterocycles. The summed E-state index contributed by atoms with van der Waals surface area (Å²) in [5.74, 6) is 0.620. The van der Waals surface area contributed by atoms with Gasteiger partial charge in [0, 0.05) is 12.6 Å². The average Bonchev–Trinajstić information content (AvgIpc) is 2.66. The van der Waals surface area contributed by atoms with E-state index in [9.17, 15) is 5.11 Å². The normalized spacial score (nSPS) is 27.6. The van der Waals surface area contributed by atoms with Gasteiger partial charge in [-0.25, -0.2) is 0 Å². The lowest BCUT2D eigenvalue weighted by Gasteiger charge is -2.37. The number of nitrogens with two attached hydrogens (primary N) is 1. The Hall–Kier alpha value is -0.120. The Morgan fingerprint density at radius 2 is 2.00 bits per heavy atom. The van der Waals surface area contributed by atoms with E-state index in [0.717, 1.165) is 32.5 Å². The van der Waals surface area contributed by atoms with E-state index in [1.807, 2.05) is 0 Å². The molecule has 2 atom stereocenters. The van der Waals surface area contributed by atoms with Crippen molar-refractivity contribution in [2.24, 2.45) is 17.1 Å². The Labute approximate surface area is 100 Å². The highest BCUT2D eigenvalue weighted by atomic mass is 16.3. The van der Waals surface area contributed by atoms with Crippen molar-refractivity contribution in [3.05, 3.63) is 0 Å². The fraction of sp³-hybridized carbons (Fsp3) is 1.00. The summed E-state index contributed by atoms with van der Waals surface area (Å²) < 4.78 is 0. The molecule has 1 fully saturated rings. The minimum Gasteiger partial charge on any atom is -0.395 e. The highest BCUT2D eigenvalue weighted by Gasteiger charge is 2.35. The molecule has 0 amide bonds. The molecule has 3 nitrogen and oxygen atoms in total. The first kappa shape index (κ1) is 13.9. The first-order valence-electron chi connectivity index (χ1n) is 6.67. The van der Waals surface area contributed by atoms with Gasteiger partial charge in [-0.1, -0.05) is 20.8 Å². The van der Waals surface area contributed by atoms with Crippen molar-refractivity contribution in [3.8, 4) is 0 Å². The second-order valence-corrected chi connectivity index (χ2v) is 5.40. The lowest BCUT2D eigenvalue weighted by molar-refractivity contribution is 0.0873. The van der Waals surface area contributed by atoms with Crippen molar-refractivity contribution in [1.82, 2.24) is 4.90 Å². The molecule has 1 aliphatic rings. The zero-order chi connectivity index (χ0) is 12.2. The zero-order valence-corrected chi connectivity index (χ0v) is 11.1. The number of likely N-dealkylation sites (tertiary alicyclic amines) is 1. The third-order valence-electron chi connectivity index (χ3n) is 4.66. The van der Waals surface area contributed by atoms with Crippen LogP contribution in [-0.2, 0) is 0 Å². The first-order chi connectivity index (χ1) is 7.62. The van der Waals surface area contributed by atoms with E-state index < -0.39 is 0 Å². The summed E-state index contributed by atoms with van der Waals surface area (Å²) in [5, 5.41) is 9.45. The van der Waals surface area contributed by atoms with Gasteiger partial charge in [0.1, 0.15) is 0 Å². The standard InChI is InChI=1S/C13H28N2O/c1-4-13(5-2,9-14)10-15-7-6-11(3)12(15)8-16/h11-12,16H,4-10,14H2,1-3H3. The SMILES string of the molecule is CCC(CC)(CN)CN1CCC(C)C1CO. The van der Waals surface area contributed by atoms with E-state index in [2.05, 4.69) is 25.7 Å². The van der Waals surface area contributed by atoms with Gasteiger partial charge in [-0.05, 0) is 43.7 Å². The van der Waals surface area contributed by atoms with Crippen molar-refractivity contribution in [2.75, 3.05) is 26.2 Å². The molecule has 1 aliphatic heterocycles. The molecule has 3 heteroatoms. The second-order valence-electron chi connectivity index (χ2n) is 5.40. The second kappa shape index (κ2) is 5.99. The molecule has 0 saturated carbocycles. The van der Waals surface area contributed by atoms with Crippen LogP contribution in [0.4, 0.5) is 0 Å². The lowest BCUT2D eigenvalue weighted by Crippen LogP contribution is -2.45. The summed E-state index contributed by atoms with van der Waals surface area (Å²) in [6, 6.07) is 0.351. The molecule has 0 aliphatic carbocycles. The molecule has 0 radical (unpaired) electrons. The van der Waals surface area contributed by atoms with E-state index in [4.69, 9.17) is 5.73 Å². The van der Waals surface area contributed by atoms with Gasteiger partial charge in [-0.2, -0.15) is 0 Å². The van der Waals surface area contributed by atoms with E-state index in [0.29, 0.717) is 12.0 Å². The third-order valence-corrected chi connectivity index (χ3v) is 4.66. The number of hydrogen-bond donors (Lipinski definition) is 2. The molecule has 1 heterocycles. The smallest absolute Gasteiger partial charge is 0.0589 e. The maximum Gasteiger partial charge on any atom is 0.0589 e. The zero-order valence-electron chi connectivity index (χ0n) is 11.1. The summed E-state index contributed by atoms with van der Waals surface area (Å²) in [4.78, 5) is 2.45. The largest absolute Gasteiger partial charge is 0.395 e. The van der Waals surface area contributed by atoms with Gasteiger partial charge in [0.05, 0.1) is 6.61 Å². The third kappa shape index (κ3) is 2.76. The Balaban J connectivity index is 2.64. The molecular weight excluding hydrogens is 200 g/mol. The van der Waals surface area contributed by atoms with Gasteiger partial charge in [0.15, 0.2) is 0 Å². The van der Waals surface area contributed by atoms with Gasteiger partial charge in [0.25, 0.3) is 0 Å². The monoisotopic (exact) mass is 228 g/mol. The molecule has 1 rings (SSSR count). The Kier molecular flexibility index (Phi) is 5.22. The van der Waals surface area contributed by atoms with E-state index in [1.165, 1.54) is 6.42 Å². The van der Waals surface area contributed by atoms with Crippen molar-refractivity contribution in [3.63, 3.8) is 0 Å². The molecule has 0 bridgehead atoms. The molecule has 96 valence electrons. The van der Waals surface area contributed by atoms with Crippen LogP contribution in [0.1, 0.15) is 40.0 Å². The molecule has 16 heavy (non-hydrogen) atoms. The molecule has 0 aromatic carbocycles. The van der Waals surface area contributed by atoms with Crippen LogP contribution in [0, 0.1) is 11.3 Å². The summed E-state index contributed by atoms with van der Waals surface area (Å²) >= 11 is 0. The molecule has 2 unspecified atom stereocenters. The van der Waals surface area contributed by atoms with Crippen molar-refractivity contribution in [2.45, 2.75) is 46.1 Å². The quantitative estimate of drug-likeness (QED) is 0.723. The van der Waals surface area contributed by atoms with Gasteiger partial charge >= 0.3 is 0 Å². The maximum absolute atomic E-state index is 9.45. The van der Waals surface area contributed by atoms with Crippen LogP contribution < -0.4 is 5.73 Å². The van der Waals surface area contributed by atoms with Gasteiger partial charge < -0.3 is 10.8 Å². The minimum atomic E-state index is 0.247. The first-order valence-corrected chi connectivity index (χ1v) is 6.67. The lowest BCUT2D eigenvalue weighted by atomic mass is 9.81. The molecule has 3 N–H and O–H groups in total. The fourth-order valence-electron chi connectivity index (χ4n) is 2.84. The van der Waals surface area contributed by atoms with Crippen molar-refractivity contribution >= 4 is 0 Å². The molecule has 0 aromatic rings. The number of hydrogen-bond acceptors (Lipinski definition) is 3. The summed E-state index contributed by atoms with van der Waals surface area (Å²) in [6.45, 7) is 9.90. The van der Waals surface area contributed by atoms with Crippen LogP contribution >= 0.6 is 0 Å². The number of aliphatic hydroxyl groups excluding tert-OH is 1. The van der Waals surface area contributed by atoms with Crippen LogP contribution in [0.5, 0.6) is 0 Å². The Morgan fingerprint density at radius 3 is 2.44 bits per heavy atom. The molecule has 1 saturated heterocycles. The fourth-order valence-corrected chi connectivity index (χ4v) is 2.84. The number of rotatable bonds is 6. The van der Waals surface area contributed by atoms with Crippen molar-refractivity contribution < 1.29 is 5.11 Å². The summed E-state index contributed by atoms with van der Waals surface area (Å²) in [5.41, 5.74) is 6.19. The highest BCUT2D eigenvalue weighted by Crippen LogP contribution is 2.31. The predicted molar refractivity (Wildman–Crippen MR) is 68.3 cm³/mol. The Morgan fingerprint density at radius 1 is 1.38 bits per heavy atom. The maximum atomic E-state index is 9.45. The number of nitrogens with zero attached hydrogens (tertiary/aromatic N) is 1. The minimum absolute atomic E-state index is 0.247. The van der Waals surface area contributed by atoms with E-state index in [1.54, 1.807) is 0 Å². The van der Waals surface area contributed by atoms with Gasteiger partial charge in [0.2, 0.25) is 0 Å². The van der Waals surface area contributed by atoms with Crippen LogP contribution in [0.3, 0.4) is 0 Å². The Bertz CT molecular complexity index is 196. The van der Waals surface area contributed by atoms with E-state index >= 15 is 0 Å². The van der Waals surface area contributed by atoms with Crippen LogP contribution in [-0.4, -0.2) is 42.3 Å². The van der Waals surface area contributed by atoms with Crippen LogP contribution in [0.15, 0.2) is 0 Å².